The molecule has 1 aliphatic heterocycles. The van der Waals surface area contributed by atoms with Gasteiger partial charge in [-0.15, -0.1) is 0 Å². The standard InChI is InChI=1S/C19H21NO3/c1-21-14-6-4-5-11-9-13-16-12(7-8-20-13)10-15(22-2)19(23-3)18(16)17(11)14/h4-6,10,13,20H,7-9H2,1-3H3/t13-/m1/s1. The third-order valence-corrected chi connectivity index (χ3v) is 4.94. The lowest BCUT2D eigenvalue weighted by molar-refractivity contribution is 0.352. The third kappa shape index (κ3) is 2.01. The fourth-order valence-corrected chi connectivity index (χ4v) is 3.99. The van der Waals surface area contributed by atoms with E-state index in [-0.39, 0.29) is 0 Å². The van der Waals surface area contributed by atoms with Crippen LogP contribution < -0.4 is 19.5 Å². The van der Waals surface area contributed by atoms with Crippen LogP contribution in [0, 0.1) is 0 Å². The van der Waals surface area contributed by atoms with Gasteiger partial charge in [0, 0.05) is 17.2 Å². The quantitative estimate of drug-likeness (QED) is 0.945. The van der Waals surface area contributed by atoms with Crippen molar-refractivity contribution in [3.8, 4) is 28.4 Å². The van der Waals surface area contributed by atoms with Gasteiger partial charge >= 0.3 is 0 Å². The zero-order valence-electron chi connectivity index (χ0n) is 13.7. The molecule has 2 aliphatic rings. The second-order valence-electron chi connectivity index (χ2n) is 6.02. The Hall–Kier alpha value is -2.20. The Labute approximate surface area is 136 Å². The van der Waals surface area contributed by atoms with E-state index in [1.54, 1.807) is 21.3 Å². The third-order valence-electron chi connectivity index (χ3n) is 4.94. The van der Waals surface area contributed by atoms with Crippen molar-refractivity contribution in [2.24, 2.45) is 0 Å². The van der Waals surface area contributed by atoms with Gasteiger partial charge in [-0.3, -0.25) is 0 Å². The molecule has 0 saturated carbocycles. The minimum atomic E-state index is 0.327. The second-order valence-corrected chi connectivity index (χ2v) is 6.02. The van der Waals surface area contributed by atoms with Gasteiger partial charge in [0.1, 0.15) is 5.75 Å². The molecule has 0 spiro atoms. The highest BCUT2D eigenvalue weighted by atomic mass is 16.5. The summed E-state index contributed by atoms with van der Waals surface area (Å²) >= 11 is 0. The predicted octanol–water partition coefficient (Wildman–Crippen LogP) is 3.12. The first-order valence-electron chi connectivity index (χ1n) is 7.95. The second kappa shape index (κ2) is 5.46. The van der Waals surface area contributed by atoms with Crippen LogP contribution in [-0.4, -0.2) is 27.9 Å². The summed E-state index contributed by atoms with van der Waals surface area (Å²) in [6.07, 6.45) is 1.98. The minimum Gasteiger partial charge on any atom is -0.496 e. The Morgan fingerprint density at radius 1 is 0.957 bits per heavy atom. The summed E-state index contributed by atoms with van der Waals surface area (Å²) < 4.78 is 17.0. The molecule has 0 saturated heterocycles. The lowest BCUT2D eigenvalue weighted by Gasteiger charge is -2.36. The molecule has 23 heavy (non-hydrogen) atoms. The Morgan fingerprint density at radius 3 is 2.52 bits per heavy atom. The van der Waals surface area contributed by atoms with Crippen molar-refractivity contribution in [2.45, 2.75) is 18.9 Å². The van der Waals surface area contributed by atoms with Gasteiger partial charge in [0.05, 0.1) is 21.3 Å². The van der Waals surface area contributed by atoms with Crippen molar-refractivity contribution in [1.82, 2.24) is 5.32 Å². The number of benzene rings is 2. The van der Waals surface area contributed by atoms with Gasteiger partial charge in [-0.2, -0.15) is 0 Å². The van der Waals surface area contributed by atoms with Gasteiger partial charge in [-0.25, -0.2) is 0 Å². The van der Waals surface area contributed by atoms with E-state index in [9.17, 15) is 0 Å². The van der Waals surface area contributed by atoms with E-state index in [2.05, 4.69) is 23.5 Å². The zero-order valence-corrected chi connectivity index (χ0v) is 13.7. The van der Waals surface area contributed by atoms with Crippen molar-refractivity contribution in [1.29, 1.82) is 0 Å². The number of rotatable bonds is 3. The van der Waals surface area contributed by atoms with Crippen molar-refractivity contribution in [3.63, 3.8) is 0 Å². The molecule has 0 amide bonds. The fraction of sp³-hybridized carbons (Fsp3) is 0.368. The van der Waals surface area contributed by atoms with Crippen LogP contribution in [0.15, 0.2) is 24.3 Å². The molecule has 1 aliphatic carbocycles. The van der Waals surface area contributed by atoms with Crippen LogP contribution in [0.3, 0.4) is 0 Å². The molecule has 0 unspecified atom stereocenters. The van der Waals surface area contributed by atoms with Gasteiger partial charge in [0.25, 0.3) is 0 Å². The Balaban J connectivity index is 2.11. The van der Waals surface area contributed by atoms with Crippen LogP contribution in [0.5, 0.6) is 17.2 Å². The van der Waals surface area contributed by atoms with E-state index in [4.69, 9.17) is 14.2 Å². The van der Waals surface area contributed by atoms with Crippen LogP contribution in [0.2, 0.25) is 0 Å². The van der Waals surface area contributed by atoms with E-state index >= 15 is 0 Å². The van der Waals surface area contributed by atoms with E-state index in [1.807, 2.05) is 6.07 Å². The first-order valence-corrected chi connectivity index (χ1v) is 7.95. The van der Waals surface area contributed by atoms with Gasteiger partial charge in [-0.05, 0) is 48.2 Å². The molecule has 4 rings (SSSR count). The van der Waals surface area contributed by atoms with E-state index in [0.29, 0.717) is 6.04 Å². The summed E-state index contributed by atoms with van der Waals surface area (Å²) in [6.45, 7) is 0.992. The molecular formula is C19H21NO3. The normalized spacial score (nSPS) is 18.0. The highest BCUT2D eigenvalue weighted by Gasteiger charge is 2.35. The number of ether oxygens (including phenoxy) is 3. The molecule has 0 radical (unpaired) electrons. The maximum atomic E-state index is 5.75. The lowest BCUT2D eigenvalue weighted by atomic mass is 9.77. The monoisotopic (exact) mass is 311 g/mol. The molecule has 2 aromatic carbocycles. The SMILES string of the molecule is COc1cc2c3c(c1OC)-c1c(cccc1OC)C[C@H]3NCC2. The molecule has 2 aromatic rings. The zero-order chi connectivity index (χ0) is 16.0. The fourth-order valence-electron chi connectivity index (χ4n) is 3.99. The summed E-state index contributed by atoms with van der Waals surface area (Å²) in [5.74, 6) is 2.48. The first kappa shape index (κ1) is 14.4. The summed E-state index contributed by atoms with van der Waals surface area (Å²) in [7, 11) is 5.12. The van der Waals surface area contributed by atoms with E-state index < -0.39 is 0 Å². The minimum absolute atomic E-state index is 0.327. The Bertz CT molecular complexity index is 770. The number of hydrogen-bond acceptors (Lipinski definition) is 4. The largest absolute Gasteiger partial charge is 0.496 e. The van der Waals surface area contributed by atoms with Crippen LogP contribution in [0.4, 0.5) is 0 Å². The average Bonchev–Trinajstić information content (AvgIpc) is 2.60. The van der Waals surface area contributed by atoms with Crippen LogP contribution in [-0.2, 0) is 12.8 Å². The maximum Gasteiger partial charge on any atom is 0.169 e. The number of nitrogens with one attached hydrogen (secondary N) is 1. The molecule has 1 atom stereocenters. The molecule has 0 fully saturated rings. The summed E-state index contributed by atoms with van der Waals surface area (Å²) in [5, 5.41) is 3.65. The lowest BCUT2D eigenvalue weighted by Crippen LogP contribution is -2.34. The average molecular weight is 311 g/mol. The topological polar surface area (TPSA) is 39.7 Å². The molecule has 0 bridgehead atoms. The van der Waals surface area contributed by atoms with Gasteiger partial charge in [0.15, 0.2) is 11.5 Å². The molecule has 0 aromatic heterocycles. The molecule has 120 valence electrons. The highest BCUT2D eigenvalue weighted by molar-refractivity contribution is 5.87. The van der Waals surface area contributed by atoms with Crippen molar-refractivity contribution >= 4 is 0 Å². The smallest absolute Gasteiger partial charge is 0.169 e. The van der Waals surface area contributed by atoms with E-state index in [1.165, 1.54) is 16.7 Å². The van der Waals surface area contributed by atoms with Crippen LogP contribution >= 0.6 is 0 Å². The maximum absolute atomic E-state index is 5.75. The number of fused-ring (bicyclic) bond motifs is 2. The van der Waals surface area contributed by atoms with Gasteiger partial charge < -0.3 is 19.5 Å². The number of methoxy groups -OCH3 is 3. The molecule has 1 heterocycles. The molecule has 4 nitrogen and oxygen atoms in total. The number of hydrogen-bond donors (Lipinski definition) is 1. The van der Waals surface area contributed by atoms with Gasteiger partial charge in [-0.1, -0.05) is 12.1 Å². The molecular weight excluding hydrogens is 290 g/mol. The van der Waals surface area contributed by atoms with Crippen LogP contribution in [0.25, 0.3) is 11.1 Å². The Kier molecular flexibility index (Phi) is 3.42. The van der Waals surface area contributed by atoms with Crippen molar-refractivity contribution in [2.75, 3.05) is 27.9 Å². The van der Waals surface area contributed by atoms with E-state index in [0.717, 1.165) is 47.8 Å². The predicted molar refractivity (Wildman–Crippen MR) is 89.7 cm³/mol. The summed E-state index contributed by atoms with van der Waals surface area (Å²) in [5.41, 5.74) is 6.23. The molecule has 4 heteroatoms. The summed E-state index contributed by atoms with van der Waals surface area (Å²) in [6, 6.07) is 8.70. The highest BCUT2D eigenvalue weighted by Crippen LogP contribution is 2.53. The van der Waals surface area contributed by atoms with Gasteiger partial charge in [0.2, 0.25) is 0 Å². The van der Waals surface area contributed by atoms with Crippen LogP contribution in [0.1, 0.15) is 22.7 Å². The Morgan fingerprint density at radius 2 is 1.78 bits per heavy atom. The first-order chi connectivity index (χ1) is 11.3. The van der Waals surface area contributed by atoms with Crippen molar-refractivity contribution in [3.05, 3.63) is 41.0 Å². The van der Waals surface area contributed by atoms with Crippen molar-refractivity contribution < 1.29 is 14.2 Å². The molecule has 1 N–H and O–H groups in total. The summed E-state index contributed by atoms with van der Waals surface area (Å²) in [4.78, 5) is 0.